The molecule has 1 rings (SSSR count). The Morgan fingerprint density at radius 2 is 1.73 bits per heavy atom. The zero-order valence-electron chi connectivity index (χ0n) is 10.2. The minimum absolute atomic E-state index is 0.147. The number of nitrogens with zero attached hydrogens (tertiary/aromatic N) is 1. The molecule has 0 spiro atoms. The monoisotopic (exact) mass is 351 g/mol. The number of carbonyl (C=O) groups excluding carboxylic acids is 1. The molecule has 22 heavy (non-hydrogen) atoms. The Hall–Kier alpha value is -1.72. The van der Waals surface area contributed by atoms with Crippen molar-refractivity contribution < 1.29 is 36.3 Å². The molecule has 0 aliphatic heterocycles. The predicted molar refractivity (Wildman–Crippen MR) is 63.3 cm³/mol. The van der Waals surface area contributed by atoms with Crippen LogP contribution in [0.5, 0.6) is 0 Å². The lowest BCUT2D eigenvalue weighted by molar-refractivity contribution is -0.272. The molecule has 0 radical (unpaired) electrons. The Balaban J connectivity index is 3.16. The van der Waals surface area contributed by atoms with Gasteiger partial charge in [0.25, 0.3) is 0 Å². The van der Waals surface area contributed by atoms with E-state index in [1.54, 1.807) is 0 Å². The van der Waals surface area contributed by atoms with E-state index in [9.17, 15) is 36.3 Å². The van der Waals surface area contributed by atoms with Crippen molar-refractivity contribution in [3.63, 3.8) is 0 Å². The summed E-state index contributed by atoms with van der Waals surface area (Å²) in [6.07, 6.45) is -11.8. The molecule has 1 amide bonds. The third-order valence-electron chi connectivity index (χ3n) is 2.34. The molecule has 2 N–H and O–H groups in total. The van der Waals surface area contributed by atoms with E-state index in [4.69, 9.17) is 16.8 Å². The van der Waals surface area contributed by atoms with Crippen LogP contribution in [0.4, 0.5) is 37.7 Å². The van der Waals surface area contributed by atoms with Gasteiger partial charge in [-0.15, -0.1) is 0 Å². The number of nitrogens with one attached hydrogen (secondary N) is 1. The lowest BCUT2D eigenvalue weighted by Crippen LogP contribution is -2.45. The molecule has 0 unspecified atom stereocenters. The van der Waals surface area contributed by atoms with Crippen LogP contribution in [-0.2, 0) is 4.79 Å². The van der Waals surface area contributed by atoms with E-state index in [0.717, 1.165) is 18.2 Å². The van der Waals surface area contributed by atoms with Crippen molar-refractivity contribution in [2.45, 2.75) is 12.4 Å². The third-order valence-corrected chi connectivity index (χ3v) is 2.58. The molecule has 0 heterocycles. The van der Waals surface area contributed by atoms with E-state index < -0.39 is 40.8 Å². The Labute approximate surface area is 123 Å². The Kier molecular flexibility index (Phi) is 5.15. The quantitative estimate of drug-likeness (QED) is 0.643. The van der Waals surface area contributed by atoms with Crippen LogP contribution in [0.25, 0.3) is 0 Å². The lowest BCUT2D eigenvalue weighted by Gasteiger charge is -2.26. The molecule has 0 bridgehead atoms. The summed E-state index contributed by atoms with van der Waals surface area (Å²) < 4.78 is 74.2. The highest BCUT2D eigenvalue weighted by molar-refractivity contribution is 6.31. The van der Waals surface area contributed by atoms with Gasteiger partial charge in [-0.3, -0.25) is 10.0 Å². The molecule has 0 aliphatic rings. The van der Waals surface area contributed by atoms with Crippen molar-refractivity contribution in [1.29, 1.82) is 0 Å². The van der Waals surface area contributed by atoms with Crippen LogP contribution < -0.4 is 10.5 Å². The highest BCUT2D eigenvalue weighted by atomic mass is 35.5. The predicted octanol–water partition coefficient (Wildman–Crippen LogP) is 3.71. The second kappa shape index (κ2) is 6.18. The van der Waals surface area contributed by atoms with E-state index in [-0.39, 0.29) is 5.02 Å². The van der Waals surface area contributed by atoms with Gasteiger partial charge in [-0.2, -0.15) is 26.3 Å². The van der Waals surface area contributed by atoms with Crippen molar-refractivity contribution in [2.75, 3.05) is 10.5 Å². The molecular weight excluding hydrogens is 346 g/mol. The molecule has 1 aromatic rings. The normalized spacial score (nSPS) is 12.5. The second-order valence-corrected chi connectivity index (χ2v) is 4.38. The van der Waals surface area contributed by atoms with Crippen LogP contribution in [0.3, 0.4) is 0 Å². The largest absolute Gasteiger partial charge is 0.733 e. The molecule has 0 saturated heterocycles. The van der Waals surface area contributed by atoms with Gasteiger partial charge in [-0.25, -0.2) is 0 Å². The fraction of sp³-hybridized carbons (Fsp3) is 0.300. The van der Waals surface area contributed by atoms with E-state index >= 15 is 0 Å². The van der Waals surface area contributed by atoms with Gasteiger partial charge in [0, 0.05) is 5.02 Å². The SMILES string of the molecule is O=C(Nc1ccc(Cl)cc1N([O-])O)C(C(F)(F)F)C(F)(F)F. The van der Waals surface area contributed by atoms with Crippen molar-refractivity contribution in [3.05, 3.63) is 28.4 Å². The van der Waals surface area contributed by atoms with Crippen LogP contribution >= 0.6 is 11.6 Å². The second-order valence-electron chi connectivity index (χ2n) is 3.94. The lowest BCUT2D eigenvalue weighted by atomic mass is 10.1. The van der Waals surface area contributed by atoms with Gasteiger partial charge in [0.15, 0.2) is 0 Å². The average Bonchev–Trinajstić information content (AvgIpc) is 2.27. The van der Waals surface area contributed by atoms with Crippen molar-refractivity contribution >= 4 is 28.9 Å². The van der Waals surface area contributed by atoms with Crippen LogP contribution in [-0.4, -0.2) is 23.5 Å². The summed E-state index contributed by atoms with van der Waals surface area (Å²) in [5.74, 6) is -6.74. The number of anilines is 2. The first-order valence-corrected chi connectivity index (χ1v) is 5.62. The van der Waals surface area contributed by atoms with E-state index in [1.807, 2.05) is 0 Å². The van der Waals surface area contributed by atoms with Gasteiger partial charge < -0.3 is 15.8 Å². The summed E-state index contributed by atoms with van der Waals surface area (Å²) in [6, 6.07) is 2.49. The van der Waals surface area contributed by atoms with Crippen LogP contribution in [0.15, 0.2) is 18.2 Å². The molecule has 0 aliphatic carbocycles. The Morgan fingerprint density at radius 3 is 2.14 bits per heavy atom. The van der Waals surface area contributed by atoms with Gasteiger partial charge in [-0.05, 0) is 18.2 Å². The first-order chi connectivity index (χ1) is 9.84. The zero-order valence-corrected chi connectivity index (χ0v) is 10.9. The third kappa shape index (κ3) is 4.39. The van der Waals surface area contributed by atoms with Crippen molar-refractivity contribution in [1.82, 2.24) is 0 Å². The highest BCUT2D eigenvalue weighted by Gasteiger charge is 2.61. The van der Waals surface area contributed by atoms with Crippen LogP contribution in [0, 0.1) is 11.1 Å². The highest BCUT2D eigenvalue weighted by Crippen LogP contribution is 2.40. The minimum atomic E-state index is -5.88. The Morgan fingerprint density at radius 1 is 1.23 bits per heavy atom. The van der Waals surface area contributed by atoms with Crippen LogP contribution in [0.2, 0.25) is 5.02 Å². The number of rotatable bonds is 3. The van der Waals surface area contributed by atoms with E-state index in [0.29, 0.717) is 0 Å². The number of hydrogen-bond donors (Lipinski definition) is 2. The summed E-state index contributed by atoms with van der Waals surface area (Å²) in [6.45, 7) is 0. The van der Waals surface area contributed by atoms with Gasteiger partial charge >= 0.3 is 12.4 Å². The molecule has 1 aromatic carbocycles. The van der Waals surface area contributed by atoms with Gasteiger partial charge in [0.2, 0.25) is 11.8 Å². The first-order valence-electron chi connectivity index (χ1n) is 5.24. The van der Waals surface area contributed by atoms with Crippen molar-refractivity contribution in [3.8, 4) is 0 Å². The fourth-order valence-electron chi connectivity index (χ4n) is 1.46. The molecule has 124 valence electrons. The van der Waals surface area contributed by atoms with Crippen molar-refractivity contribution in [2.24, 2.45) is 5.92 Å². The fourth-order valence-corrected chi connectivity index (χ4v) is 1.62. The summed E-state index contributed by atoms with van der Waals surface area (Å²) in [4.78, 5) is 11.3. The average molecular weight is 352 g/mol. The van der Waals surface area contributed by atoms with E-state index in [2.05, 4.69) is 0 Å². The minimum Gasteiger partial charge on any atom is -0.733 e. The number of alkyl halides is 6. The first kappa shape index (κ1) is 18.3. The number of hydrogen-bond acceptors (Lipinski definition) is 4. The number of halogens is 7. The van der Waals surface area contributed by atoms with Crippen LogP contribution in [0.1, 0.15) is 0 Å². The number of amides is 1. The molecule has 0 atom stereocenters. The number of benzene rings is 1. The summed E-state index contributed by atoms with van der Waals surface area (Å²) >= 11 is 5.46. The molecule has 0 saturated carbocycles. The maximum atomic E-state index is 12.4. The molecule has 5 nitrogen and oxygen atoms in total. The summed E-state index contributed by atoms with van der Waals surface area (Å²) in [5, 5.41) is 19.8. The maximum Gasteiger partial charge on any atom is 0.409 e. The molecule has 0 aromatic heterocycles. The molecular formula is C10H6ClF6N2O3-. The smallest absolute Gasteiger partial charge is 0.409 e. The summed E-state index contributed by atoms with van der Waals surface area (Å²) in [7, 11) is 0. The summed E-state index contributed by atoms with van der Waals surface area (Å²) in [5.41, 5.74) is -1.60. The van der Waals surface area contributed by atoms with Gasteiger partial charge in [-0.1, -0.05) is 11.6 Å². The molecule has 0 fully saturated rings. The Bertz CT molecular complexity index is 547. The topological polar surface area (TPSA) is 75.6 Å². The van der Waals surface area contributed by atoms with Gasteiger partial charge in [0.1, 0.15) is 0 Å². The van der Waals surface area contributed by atoms with E-state index in [1.165, 1.54) is 5.32 Å². The maximum absolute atomic E-state index is 12.4. The number of carbonyl (C=O) groups is 1. The molecule has 12 heteroatoms. The standard InChI is InChI=1S/C10H6ClF6N2O3/c11-4-1-2-5(6(3-4)19(21)22)18-8(20)7(9(12,13)14)10(15,16)17/h1-3,7,21H,(H,18,20)/q-1. The zero-order chi connectivity index (χ0) is 17.3. The van der Waals surface area contributed by atoms with Gasteiger partial charge in [0.05, 0.1) is 11.4 Å².